The highest BCUT2D eigenvalue weighted by Gasteiger charge is 2.47. The summed E-state index contributed by atoms with van der Waals surface area (Å²) in [5.41, 5.74) is 5.98. The van der Waals surface area contributed by atoms with Crippen LogP contribution in [0.15, 0.2) is 36.4 Å². The van der Waals surface area contributed by atoms with Crippen LogP contribution in [0, 0.1) is 20.8 Å². The third kappa shape index (κ3) is 2.45. The van der Waals surface area contributed by atoms with Gasteiger partial charge in [0, 0.05) is 13.1 Å². The van der Waals surface area contributed by atoms with E-state index in [2.05, 4.69) is 37.8 Å². The zero-order chi connectivity index (χ0) is 16.8. The van der Waals surface area contributed by atoms with E-state index in [1.165, 1.54) is 22.3 Å². The number of hydrogen-bond acceptors (Lipinski definition) is 2. The molecule has 0 spiro atoms. The number of nitrogens with zero attached hydrogens (tertiary/aromatic N) is 1. The maximum absolute atomic E-state index is 12.1. The van der Waals surface area contributed by atoms with Gasteiger partial charge in [0.1, 0.15) is 5.54 Å². The Morgan fingerprint density at radius 3 is 2.39 bits per heavy atom. The van der Waals surface area contributed by atoms with Crippen LogP contribution in [0.5, 0.6) is 0 Å². The third-order valence-corrected chi connectivity index (χ3v) is 5.14. The molecule has 1 N–H and O–H groups in total. The van der Waals surface area contributed by atoms with E-state index in [0.717, 1.165) is 11.1 Å². The minimum absolute atomic E-state index is 0.648. The normalized spacial score (nSPS) is 20.5. The Morgan fingerprint density at radius 1 is 1.17 bits per heavy atom. The topological polar surface area (TPSA) is 40.5 Å². The molecule has 23 heavy (non-hydrogen) atoms. The zero-order valence-corrected chi connectivity index (χ0v) is 14.2. The number of aliphatic carboxylic acids is 1. The number of aryl methyl sites for hydroxylation is 3. The molecular formula is C20H23NO2. The van der Waals surface area contributed by atoms with Crippen molar-refractivity contribution in [3.63, 3.8) is 0 Å². The minimum atomic E-state index is -0.972. The third-order valence-electron chi connectivity index (χ3n) is 5.14. The Bertz CT molecular complexity index is 758. The van der Waals surface area contributed by atoms with Gasteiger partial charge in [0.15, 0.2) is 0 Å². The van der Waals surface area contributed by atoms with Crippen LogP contribution < -0.4 is 0 Å². The summed E-state index contributed by atoms with van der Waals surface area (Å²) in [4.78, 5) is 14.1. The molecule has 2 aromatic carbocycles. The number of fused-ring (bicyclic) bond motifs is 1. The summed E-state index contributed by atoms with van der Waals surface area (Å²) in [7, 11) is 0. The second-order valence-electron chi connectivity index (χ2n) is 6.77. The maximum atomic E-state index is 12.1. The van der Waals surface area contributed by atoms with Crippen LogP contribution in [0.25, 0.3) is 0 Å². The highest BCUT2D eigenvalue weighted by Crippen LogP contribution is 2.40. The summed E-state index contributed by atoms with van der Waals surface area (Å²) < 4.78 is 0. The van der Waals surface area contributed by atoms with E-state index in [9.17, 15) is 9.90 Å². The van der Waals surface area contributed by atoms with Crippen molar-refractivity contribution in [2.75, 3.05) is 0 Å². The molecule has 0 fully saturated rings. The molecule has 3 heteroatoms. The summed E-state index contributed by atoms with van der Waals surface area (Å²) in [6.45, 7) is 9.45. The fourth-order valence-electron chi connectivity index (χ4n) is 3.78. The number of rotatable bonds is 3. The smallest absolute Gasteiger partial charge is 0.328 e. The molecule has 2 aromatic rings. The summed E-state index contributed by atoms with van der Waals surface area (Å²) in [5, 5.41) is 9.91. The molecular weight excluding hydrogens is 286 g/mol. The van der Waals surface area contributed by atoms with Crippen molar-refractivity contribution < 1.29 is 9.90 Å². The van der Waals surface area contributed by atoms with Crippen molar-refractivity contribution in [1.29, 1.82) is 0 Å². The Balaban J connectivity index is 2.03. The van der Waals surface area contributed by atoms with Gasteiger partial charge in [-0.15, -0.1) is 0 Å². The van der Waals surface area contributed by atoms with Crippen LogP contribution in [0.1, 0.15) is 40.3 Å². The van der Waals surface area contributed by atoms with E-state index < -0.39 is 11.5 Å². The standard InChI is InChI=1S/C20H23NO2/c1-13-9-14(2)17(15(3)10-13)12-21-11-16-7-5-6-8-18(16)20(21,4)19(22)23/h5-10H,11-12H2,1-4H3,(H,22,23). The van der Waals surface area contributed by atoms with Gasteiger partial charge in [-0.25, -0.2) is 4.79 Å². The lowest BCUT2D eigenvalue weighted by Gasteiger charge is -2.33. The number of carbonyl (C=O) groups is 1. The maximum Gasteiger partial charge on any atom is 0.328 e. The van der Waals surface area contributed by atoms with Crippen molar-refractivity contribution in [1.82, 2.24) is 4.90 Å². The predicted octanol–water partition coefficient (Wildman–Crippen LogP) is 3.93. The summed E-state index contributed by atoms with van der Waals surface area (Å²) in [6.07, 6.45) is 0. The van der Waals surface area contributed by atoms with Crippen molar-refractivity contribution in [3.05, 3.63) is 69.8 Å². The molecule has 0 aliphatic carbocycles. The predicted molar refractivity (Wildman–Crippen MR) is 91.3 cm³/mol. The average Bonchev–Trinajstić information content (AvgIpc) is 2.77. The van der Waals surface area contributed by atoms with Gasteiger partial charge in [0.2, 0.25) is 0 Å². The Morgan fingerprint density at radius 2 is 1.78 bits per heavy atom. The van der Waals surface area contributed by atoms with Gasteiger partial charge in [-0.05, 0) is 55.5 Å². The van der Waals surface area contributed by atoms with Gasteiger partial charge in [-0.2, -0.15) is 0 Å². The minimum Gasteiger partial charge on any atom is -0.480 e. The van der Waals surface area contributed by atoms with E-state index in [4.69, 9.17) is 0 Å². The molecule has 3 nitrogen and oxygen atoms in total. The molecule has 0 radical (unpaired) electrons. The SMILES string of the molecule is Cc1cc(C)c(CN2Cc3ccccc3C2(C)C(=O)O)c(C)c1. The average molecular weight is 309 g/mol. The van der Waals surface area contributed by atoms with Crippen molar-refractivity contribution in [2.24, 2.45) is 0 Å². The van der Waals surface area contributed by atoms with Gasteiger partial charge in [0.25, 0.3) is 0 Å². The van der Waals surface area contributed by atoms with Crippen LogP contribution >= 0.6 is 0 Å². The fourth-order valence-corrected chi connectivity index (χ4v) is 3.78. The number of carboxylic acids is 1. The van der Waals surface area contributed by atoms with Crippen molar-refractivity contribution in [2.45, 2.75) is 46.3 Å². The van der Waals surface area contributed by atoms with Crippen molar-refractivity contribution in [3.8, 4) is 0 Å². The van der Waals surface area contributed by atoms with Gasteiger partial charge in [-0.1, -0.05) is 42.0 Å². The van der Waals surface area contributed by atoms with Crippen LogP contribution in [-0.4, -0.2) is 16.0 Å². The van der Waals surface area contributed by atoms with Crippen molar-refractivity contribution >= 4 is 5.97 Å². The first-order valence-corrected chi connectivity index (χ1v) is 7.97. The van der Waals surface area contributed by atoms with Crippen LogP contribution in [0.4, 0.5) is 0 Å². The van der Waals surface area contributed by atoms with Crippen LogP contribution in [0.2, 0.25) is 0 Å². The molecule has 0 bridgehead atoms. The molecule has 1 aliphatic heterocycles. The number of benzene rings is 2. The van der Waals surface area contributed by atoms with Gasteiger partial charge < -0.3 is 5.11 Å². The van der Waals surface area contributed by atoms with Gasteiger partial charge in [-0.3, -0.25) is 4.90 Å². The Hall–Kier alpha value is -2.13. The van der Waals surface area contributed by atoms with E-state index in [0.29, 0.717) is 13.1 Å². The monoisotopic (exact) mass is 309 g/mol. The molecule has 0 amide bonds. The fraction of sp³-hybridized carbons (Fsp3) is 0.350. The molecule has 1 unspecified atom stereocenters. The largest absolute Gasteiger partial charge is 0.480 e. The second kappa shape index (κ2) is 5.50. The summed E-state index contributed by atoms with van der Waals surface area (Å²) >= 11 is 0. The number of hydrogen-bond donors (Lipinski definition) is 1. The highest BCUT2D eigenvalue weighted by molar-refractivity contribution is 5.82. The quantitative estimate of drug-likeness (QED) is 0.934. The lowest BCUT2D eigenvalue weighted by atomic mass is 9.91. The second-order valence-corrected chi connectivity index (χ2v) is 6.77. The molecule has 120 valence electrons. The Kier molecular flexibility index (Phi) is 3.77. The summed E-state index contributed by atoms with van der Waals surface area (Å²) in [6, 6.07) is 12.2. The molecule has 1 heterocycles. The first kappa shape index (κ1) is 15.8. The molecule has 0 aromatic heterocycles. The molecule has 1 atom stereocenters. The first-order valence-electron chi connectivity index (χ1n) is 7.97. The Labute approximate surface area is 137 Å². The van der Waals surface area contributed by atoms with E-state index in [-0.39, 0.29) is 0 Å². The first-order chi connectivity index (χ1) is 10.8. The van der Waals surface area contributed by atoms with Gasteiger partial charge in [0.05, 0.1) is 0 Å². The van der Waals surface area contributed by atoms with E-state index in [1.807, 2.05) is 31.2 Å². The van der Waals surface area contributed by atoms with E-state index in [1.54, 1.807) is 0 Å². The summed E-state index contributed by atoms with van der Waals surface area (Å²) in [5.74, 6) is -0.787. The highest BCUT2D eigenvalue weighted by atomic mass is 16.4. The van der Waals surface area contributed by atoms with E-state index >= 15 is 0 Å². The molecule has 0 saturated heterocycles. The lowest BCUT2D eigenvalue weighted by molar-refractivity contribution is -0.151. The lowest BCUT2D eigenvalue weighted by Crippen LogP contribution is -2.44. The van der Waals surface area contributed by atoms with Gasteiger partial charge >= 0.3 is 5.97 Å². The number of carboxylic acid groups (broad SMARTS) is 1. The molecule has 3 rings (SSSR count). The van der Waals surface area contributed by atoms with Crippen LogP contribution in [0.3, 0.4) is 0 Å². The molecule has 1 aliphatic rings. The molecule has 0 saturated carbocycles. The zero-order valence-electron chi connectivity index (χ0n) is 14.2. The van der Waals surface area contributed by atoms with Crippen LogP contribution in [-0.2, 0) is 23.4 Å².